The third-order valence-corrected chi connectivity index (χ3v) is 4.16. The molecule has 1 fully saturated rings. The average Bonchev–Trinajstić information content (AvgIpc) is 2.66. The van der Waals surface area contributed by atoms with Crippen molar-refractivity contribution in [2.75, 3.05) is 0 Å². The molecule has 84 valence electrons. The fraction of sp³-hybridized carbons (Fsp3) is 0.692. The summed E-state index contributed by atoms with van der Waals surface area (Å²) < 4.78 is 0. The van der Waals surface area contributed by atoms with Crippen LogP contribution in [0.1, 0.15) is 44.6 Å². The summed E-state index contributed by atoms with van der Waals surface area (Å²) >= 11 is 1.79. The van der Waals surface area contributed by atoms with Crippen LogP contribution < -0.4 is 5.32 Å². The zero-order valence-electron chi connectivity index (χ0n) is 9.54. The molecule has 0 aromatic carbocycles. The summed E-state index contributed by atoms with van der Waals surface area (Å²) in [7, 11) is 0. The van der Waals surface area contributed by atoms with Gasteiger partial charge in [0.1, 0.15) is 0 Å². The third kappa shape index (κ3) is 3.62. The van der Waals surface area contributed by atoms with E-state index in [1.165, 1.54) is 37.7 Å². The van der Waals surface area contributed by atoms with E-state index in [0.29, 0.717) is 0 Å². The first-order valence-corrected chi connectivity index (χ1v) is 7.03. The fourth-order valence-corrected chi connectivity index (χ4v) is 3.02. The van der Waals surface area contributed by atoms with Crippen LogP contribution in [0.5, 0.6) is 0 Å². The Bertz CT molecular complexity index is 268. The molecule has 1 saturated carbocycles. The van der Waals surface area contributed by atoms with Crippen molar-refractivity contribution in [3.63, 3.8) is 0 Å². The zero-order chi connectivity index (χ0) is 10.5. The first-order chi connectivity index (χ1) is 7.34. The molecule has 15 heavy (non-hydrogen) atoms. The fourth-order valence-electron chi connectivity index (χ4n) is 2.35. The van der Waals surface area contributed by atoms with E-state index in [2.05, 4.69) is 29.1 Å². The van der Waals surface area contributed by atoms with Gasteiger partial charge in [-0.15, -0.1) is 0 Å². The summed E-state index contributed by atoms with van der Waals surface area (Å²) in [5, 5.41) is 8.09. The van der Waals surface area contributed by atoms with E-state index in [9.17, 15) is 0 Å². The molecular formula is C13H21NS. The summed E-state index contributed by atoms with van der Waals surface area (Å²) in [4.78, 5) is 0. The topological polar surface area (TPSA) is 12.0 Å². The monoisotopic (exact) mass is 223 g/mol. The highest BCUT2D eigenvalue weighted by Gasteiger charge is 2.15. The summed E-state index contributed by atoms with van der Waals surface area (Å²) in [5.74, 6) is 0.943. The van der Waals surface area contributed by atoms with Gasteiger partial charge in [-0.1, -0.05) is 19.8 Å². The second kappa shape index (κ2) is 5.66. The lowest BCUT2D eigenvalue weighted by Crippen LogP contribution is -2.27. The van der Waals surface area contributed by atoms with Crippen molar-refractivity contribution < 1.29 is 0 Å². The Kier molecular flexibility index (Phi) is 4.21. The maximum atomic E-state index is 3.69. The van der Waals surface area contributed by atoms with Gasteiger partial charge in [0.2, 0.25) is 0 Å². The molecule has 1 aromatic rings. The van der Waals surface area contributed by atoms with Crippen LogP contribution in [0, 0.1) is 5.92 Å². The van der Waals surface area contributed by atoms with Crippen molar-refractivity contribution >= 4 is 11.3 Å². The van der Waals surface area contributed by atoms with Crippen LogP contribution >= 0.6 is 11.3 Å². The standard InChI is InChI=1S/C13H21NS/c1-11-3-2-4-13(6-5-11)14-9-12-7-8-15-10-12/h7-8,10-11,13-14H,2-6,9H2,1H3. The molecule has 1 N–H and O–H groups in total. The molecule has 0 radical (unpaired) electrons. The maximum absolute atomic E-state index is 3.69. The second-order valence-corrected chi connectivity index (χ2v) is 5.60. The van der Waals surface area contributed by atoms with Crippen molar-refractivity contribution in [1.29, 1.82) is 0 Å². The maximum Gasteiger partial charge on any atom is 0.0216 e. The quantitative estimate of drug-likeness (QED) is 0.768. The van der Waals surface area contributed by atoms with Gasteiger partial charge >= 0.3 is 0 Å². The minimum atomic E-state index is 0.759. The molecule has 2 heteroatoms. The molecule has 2 unspecified atom stereocenters. The van der Waals surface area contributed by atoms with Crippen LogP contribution in [-0.4, -0.2) is 6.04 Å². The predicted molar refractivity (Wildman–Crippen MR) is 67.2 cm³/mol. The number of rotatable bonds is 3. The van der Waals surface area contributed by atoms with Gasteiger partial charge < -0.3 is 5.32 Å². The van der Waals surface area contributed by atoms with Crippen LogP contribution in [0.3, 0.4) is 0 Å². The van der Waals surface area contributed by atoms with Crippen molar-refractivity contribution in [2.45, 2.75) is 51.6 Å². The van der Waals surface area contributed by atoms with Gasteiger partial charge in [-0.05, 0) is 47.6 Å². The lowest BCUT2D eigenvalue weighted by atomic mass is 10.0. The van der Waals surface area contributed by atoms with E-state index in [-0.39, 0.29) is 0 Å². The highest BCUT2D eigenvalue weighted by atomic mass is 32.1. The van der Waals surface area contributed by atoms with Crippen LogP contribution in [0.4, 0.5) is 0 Å². The number of hydrogen-bond acceptors (Lipinski definition) is 2. The Balaban J connectivity index is 1.74. The van der Waals surface area contributed by atoms with E-state index in [1.807, 2.05) is 0 Å². The van der Waals surface area contributed by atoms with Gasteiger partial charge in [-0.25, -0.2) is 0 Å². The molecule has 0 saturated heterocycles. The molecule has 1 nitrogen and oxygen atoms in total. The van der Waals surface area contributed by atoms with Crippen LogP contribution in [0.15, 0.2) is 16.8 Å². The molecule has 1 aliphatic carbocycles. The molecule has 1 aliphatic rings. The molecule has 0 bridgehead atoms. The number of nitrogens with one attached hydrogen (secondary N) is 1. The van der Waals surface area contributed by atoms with E-state index in [4.69, 9.17) is 0 Å². The van der Waals surface area contributed by atoms with Gasteiger partial charge in [0.15, 0.2) is 0 Å². The first kappa shape index (κ1) is 11.2. The van der Waals surface area contributed by atoms with Gasteiger partial charge in [-0.3, -0.25) is 0 Å². The molecule has 0 spiro atoms. The smallest absolute Gasteiger partial charge is 0.0216 e. The Labute approximate surface area is 96.9 Å². The average molecular weight is 223 g/mol. The van der Waals surface area contributed by atoms with Crippen LogP contribution in [0.25, 0.3) is 0 Å². The molecule has 2 rings (SSSR count). The van der Waals surface area contributed by atoms with Gasteiger partial charge in [0.25, 0.3) is 0 Å². The van der Waals surface area contributed by atoms with Crippen molar-refractivity contribution in [1.82, 2.24) is 5.32 Å². The summed E-state index contributed by atoms with van der Waals surface area (Å²) in [6.45, 7) is 3.45. The van der Waals surface area contributed by atoms with Gasteiger partial charge in [-0.2, -0.15) is 11.3 Å². The molecule has 1 heterocycles. The van der Waals surface area contributed by atoms with Gasteiger partial charge in [0, 0.05) is 12.6 Å². The highest BCUT2D eigenvalue weighted by molar-refractivity contribution is 7.07. The van der Waals surface area contributed by atoms with Crippen LogP contribution in [0.2, 0.25) is 0 Å². The molecule has 0 aliphatic heterocycles. The lowest BCUT2D eigenvalue weighted by molar-refractivity contribution is 0.447. The van der Waals surface area contributed by atoms with Crippen molar-refractivity contribution in [3.8, 4) is 0 Å². The second-order valence-electron chi connectivity index (χ2n) is 4.82. The normalized spacial score (nSPS) is 27.5. The Hall–Kier alpha value is -0.340. The lowest BCUT2D eigenvalue weighted by Gasteiger charge is -2.15. The third-order valence-electron chi connectivity index (χ3n) is 3.43. The SMILES string of the molecule is CC1CCCC(NCc2ccsc2)CC1. The summed E-state index contributed by atoms with van der Waals surface area (Å²) in [6, 6.07) is 2.98. The minimum absolute atomic E-state index is 0.759. The number of hydrogen-bond donors (Lipinski definition) is 1. The van der Waals surface area contributed by atoms with Crippen molar-refractivity contribution in [2.24, 2.45) is 5.92 Å². The van der Waals surface area contributed by atoms with E-state index in [1.54, 1.807) is 11.3 Å². The summed E-state index contributed by atoms with van der Waals surface area (Å²) in [6.07, 6.45) is 6.97. The van der Waals surface area contributed by atoms with Crippen molar-refractivity contribution in [3.05, 3.63) is 22.4 Å². The number of thiophene rings is 1. The Morgan fingerprint density at radius 3 is 3.07 bits per heavy atom. The highest BCUT2D eigenvalue weighted by Crippen LogP contribution is 2.22. The Morgan fingerprint density at radius 2 is 2.27 bits per heavy atom. The first-order valence-electron chi connectivity index (χ1n) is 6.09. The molecule has 1 aromatic heterocycles. The van der Waals surface area contributed by atoms with Gasteiger partial charge in [0.05, 0.1) is 0 Å². The predicted octanol–water partition coefficient (Wildman–Crippen LogP) is 3.81. The molecular weight excluding hydrogens is 202 g/mol. The van der Waals surface area contributed by atoms with E-state index in [0.717, 1.165) is 18.5 Å². The molecule has 2 atom stereocenters. The van der Waals surface area contributed by atoms with Crippen LogP contribution in [-0.2, 0) is 6.54 Å². The zero-order valence-corrected chi connectivity index (χ0v) is 10.4. The minimum Gasteiger partial charge on any atom is -0.310 e. The molecule has 0 amide bonds. The Morgan fingerprint density at radius 1 is 1.33 bits per heavy atom. The van der Waals surface area contributed by atoms with E-state index < -0.39 is 0 Å². The largest absolute Gasteiger partial charge is 0.310 e. The summed E-state index contributed by atoms with van der Waals surface area (Å²) in [5.41, 5.74) is 1.44. The van der Waals surface area contributed by atoms with E-state index >= 15 is 0 Å².